The van der Waals surface area contributed by atoms with Crippen LogP contribution < -0.4 is 15.4 Å². The van der Waals surface area contributed by atoms with Gasteiger partial charge in [-0.25, -0.2) is 14.2 Å². The molecule has 31 heavy (non-hydrogen) atoms. The number of urea groups is 1. The molecule has 9 nitrogen and oxygen atoms in total. The monoisotopic (exact) mass is 444 g/mol. The van der Waals surface area contributed by atoms with E-state index >= 15 is 0 Å². The highest BCUT2D eigenvalue weighted by atomic mass is 35.5. The Morgan fingerprint density at radius 3 is 2.81 bits per heavy atom. The van der Waals surface area contributed by atoms with Crippen molar-refractivity contribution in [3.63, 3.8) is 0 Å². The van der Waals surface area contributed by atoms with Crippen LogP contribution in [0.15, 0.2) is 34.9 Å². The summed E-state index contributed by atoms with van der Waals surface area (Å²) >= 11 is 6.11. The summed E-state index contributed by atoms with van der Waals surface area (Å²) in [6.45, 7) is -0.243. The fourth-order valence-electron chi connectivity index (χ4n) is 3.96. The number of ether oxygens (including phenoxy) is 1. The zero-order valence-corrected chi connectivity index (χ0v) is 16.7. The molecule has 4 heterocycles. The lowest BCUT2D eigenvalue weighted by Crippen LogP contribution is -2.52. The standard InChI is InChI=1S/C20H14ClFN4O5/c1-30-12-3-2-9-7-26(17(27)14(9)15(12)22)8-20(18(28)24-19(29)25-20)13-6-10-11(31-13)4-5-23-16(10)21/h2-6H,7-8H2,1H3,(H2,24,25,28,29). The number of hydrogen-bond donors (Lipinski definition) is 2. The van der Waals surface area contributed by atoms with Crippen molar-refractivity contribution in [2.75, 3.05) is 13.7 Å². The average Bonchev–Trinajstić information content (AvgIpc) is 3.38. The van der Waals surface area contributed by atoms with E-state index in [-0.39, 0.29) is 35.3 Å². The Labute approximate surface area is 179 Å². The van der Waals surface area contributed by atoms with E-state index < -0.39 is 29.2 Å². The molecule has 5 rings (SSSR count). The summed E-state index contributed by atoms with van der Waals surface area (Å²) in [6, 6.07) is 5.33. The van der Waals surface area contributed by atoms with Gasteiger partial charge in [-0.2, -0.15) is 0 Å². The van der Waals surface area contributed by atoms with Crippen LogP contribution in [-0.4, -0.2) is 41.4 Å². The van der Waals surface area contributed by atoms with Gasteiger partial charge in [0.1, 0.15) is 16.5 Å². The van der Waals surface area contributed by atoms with Gasteiger partial charge in [-0.05, 0) is 23.8 Å². The maximum absolute atomic E-state index is 14.7. The molecule has 0 aliphatic carbocycles. The SMILES string of the molecule is COc1ccc2c(c1F)C(=O)N(CC1(c3cc4c(Cl)nccc4o3)NC(=O)NC1=O)C2. The maximum Gasteiger partial charge on any atom is 0.322 e. The summed E-state index contributed by atoms with van der Waals surface area (Å²) < 4.78 is 25.4. The maximum atomic E-state index is 14.7. The van der Waals surface area contributed by atoms with Gasteiger partial charge in [0.2, 0.25) is 0 Å². The molecule has 3 aromatic rings. The first kappa shape index (κ1) is 19.3. The highest BCUT2D eigenvalue weighted by molar-refractivity contribution is 6.34. The van der Waals surface area contributed by atoms with Crippen molar-refractivity contribution in [1.29, 1.82) is 0 Å². The molecular weight excluding hydrogens is 431 g/mol. The lowest BCUT2D eigenvalue weighted by Gasteiger charge is -2.29. The number of nitrogens with zero attached hydrogens (tertiary/aromatic N) is 2. The number of imide groups is 1. The van der Waals surface area contributed by atoms with Gasteiger partial charge in [-0.15, -0.1) is 0 Å². The topological polar surface area (TPSA) is 114 Å². The van der Waals surface area contributed by atoms with Gasteiger partial charge in [0.05, 0.1) is 24.6 Å². The smallest absolute Gasteiger partial charge is 0.322 e. The van der Waals surface area contributed by atoms with Crippen LogP contribution in [0.3, 0.4) is 0 Å². The van der Waals surface area contributed by atoms with Crippen molar-refractivity contribution in [3.05, 3.63) is 58.3 Å². The number of rotatable bonds is 4. The molecule has 4 amide bonds. The molecule has 158 valence electrons. The summed E-state index contributed by atoms with van der Waals surface area (Å²) in [5.74, 6) is -2.10. The van der Waals surface area contributed by atoms with Crippen molar-refractivity contribution in [1.82, 2.24) is 20.5 Å². The first-order chi connectivity index (χ1) is 14.8. The summed E-state index contributed by atoms with van der Waals surface area (Å²) in [5, 5.41) is 5.33. The van der Waals surface area contributed by atoms with Gasteiger partial charge in [-0.3, -0.25) is 14.9 Å². The third-order valence-corrected chi connectivity index (χ3v) is 5.76. The normalized spacial score (nSPS) is 20.2. The Kier molecular flexibility index (Phi) is 4.16. The van der Waals surface area contributed by atoms with Gasteiger partial charge in [0, 0.05) is 12.7 Å². The molecule has 1 unspecified atom stereocenters. The molecule has 1 aromatic carbocycles. The minimum absolute atomic E-state index is 0.0442. The second kappa shape index (κ2) is 6.67. The molecule has 0 saturated carbocycles. The fourth-order valence-corrected chi connectivity index (χ4v) is 4.17. The summed E-state index contributed by atoms with van der Waals surface area (Å²) in [5.41, 5.74) is -1.05. The zero-order chi connectivity index (χ0) is 21.9. The number of furan rings is 1. The number of methoxy groups -OCH3 is 1. The highest BCUT2D eigenvalue weighted by Gasteiger charge is 2.53. The summed E-state index contributed by atoms with van der Waals surface area (Å²) in [7, 11) is 1.30. The minimum atomic E-state index is -1.72. The van der Waals surface area contributed by atoms with E-state index in [0.717, 1.165) is 0 Å². The number of aromatic nitrogens is 1. The Morgan fingerprint density at radius 2 is 2.13 bits per heavy atom. The van der Waals surface area contributed by atoms with E-state index in [0.29, 0.717) is 16.5 Å². The number of nitrogens with one attached hydrogen (secondary N) is 2. The third-order valence-electron chi connectivity index (χ3n) is 5.46. The molecule has 0 radical (unpaired) electrons. The Morgan fingerprint density at radius 1 is 1.32 bits per heavy atom. The Bertz CT molecular complexity index is 1290. The van der Waals surface area contributed by atoms with Crippen LogP contribution in [0, 0.1) is 5.82 Å². The molecular formula is C20H14ClFN4O5. The van der Waals surface area contributed by atoms with E-state index in [1.54, 1.807) is 12.1 Å². The second-order valence-electron chi connectivity index (χ2n) is 7.21. The summed E-state index contributed by atoms with van der Waals surface area (Å²) in [4.78, 5) is 43.1. The molecule has 2 aliphatic rings. The van der Waals surface area contributed by atoms with Crippen molar-refractivity contribution in [2.45, 2.75) is 12.1 Å². The van der Waals surface area contributed by atoms with Gasteiger partial charge >= 0.3 is 6.03 Å². The molecule has 0 spiro atoms. The number of pyridine rings is 1. The lowest BCUT2D eigenvalue weighted by molar-refractivity contribution is -0.125. The van der Waals surface area contributed by atoms with Gasteiger partial charge in [-0.1, -0.05) is 17.7 Å². The van der Waals surface area contributed by atoms with Gasteiger partial charge < -0.3 is 19.4 Å². The quantitative estimate of drug-likeness (QED) is 0.471. The third kappa shape index (κ3) is 2.75. The van der Waals surface area contributed by atoms with Crippen molar-refractivity contribution in [3.8, 4) is 5.75 Å². The van der Waals surface area contributed by atoms with Gasteiger partial charge in [0.15, 0.2) is 17.1 Å². The van der Waals surface area contributed by atoms with Crippen LogP contribution in [0.4, 0.5) is 9.18 Å². The molecule has 1 fully saturated rings. The number of carbonyl (C=O) groups is 3. The van der Waals surface area contributed by atoms with Gasteiger partial charge in [0.25, 0.3) is 11.8 Å². The zero-order valence-electron chi connectivity index (χ0n) is 16.0. The number of halogens is 2. The van der Waals surface area contributed by atoms with E-state index in [1.165, 1.54) is 30.3 Å². The van der Waals surface area contributed by atoms with Crippen LogP contribution in [0.1, 0.15) is 21.7 Å². The predicted molar refractivity (Wildman–Crippen MR) is 105 cm³/mol. The molecule has 2 aliphatic heterocycles. The van der Waals surface area contributed by atoms with Crippen LogP contribution in [0.2, 0.25) is 5.15 Å². The van der Waals surface area contributed by atoms with Crippen molar-refractivity contribution >= 4 is 40.4 Å². The summed E-state index contributed by atoms with van der Waals surface area (Å²) in [6.07, 6.45) is 1.44. The Hall–Kier alpha value is -3.66. The molecule has 1 saturated heterocycles. The molecule has 11 heteroatoms. The molecule has 2 N–H and O–H groups in total. The molecule has 1 atom stereocenters. The van der Waals surface area contributed by atoms with E-state index in [2.05, 4.69) is 15.6 Å². The number of benzene rings is 1. The van der Waals surface area contributed by atoms with Crippen LogP contribution >= 0.6 is 11.6 Å². The number of amides is 4. The van der Waals surface area contributed by atoms with Crippen molar-refractivity contribution in [2.24, 2.45) is 0 Å². The second-order valence-corrected chi connectivity index (χ2v) is 7.57. The van der Waals surface area contributed by atoms with Crippen molar-refractivity contribution < 1.29 is 27.9 Å². The fraction of sp³-hybridized carbons (Fsp3) is 0.200. The largest absolute Gasteiger partial charge is 0.494 e. The molecule has 0 bridgehead atoms. The predicted octanol–water partition coefficient (Wildman–Crippen LogP) is 2.32. The first-order valence-corrected chi connectivity index (χ1v) is 9.54. The number of carbonyl (C=O) groups excluding carboxylic acids is 3. The number of fused-ring (bicyclic) bond motifs is 2. The first-order valence-electron chi connectivity index (χ1n) is 9.17. The lowest BCUT2D eigenvalue weighted by atomic mass is 9.95. The Balaban J connectivity index is 1.57. The van der Waals surface area contributed by atoms with Crippen LogP contribution in [-0.2, 0) is 16.9 Å². The van der Waals surface area contributed by atoms with E-state index in [4.69, 9.17) is 20.8 Å². The highest BCUT2D eigenvalue weighted by Crippen LogP contribution is 2.37. The molecule has 2 aromatic heterocycles. The van der Waals surface area contributed by atoms with Crippen LogP contribution in [0.5, 0.6) is 5.75 Å². The average molecular weight is 445 g/mol. The number of hydrogen-bond acceptors (Lipinski definition) is 6. The van der Waals surface area contributed by atoms with E-state index in [1.807, 2.05) is 0 Å². The van der Waals surface area contributed by atoms with Crippen LogP contribution in [0.25, 0.3) is 11.0 Å². The minimum Gasteiger partial charge on any atom is -0.494 e. The van der Waals surface area contributed by atoms with E-state index in [9.17, 15) is 18.8 Å².